The molecule has 0 heterocycles. The van der Waals surface area contributed by atoms with Gasteiger partial charge in [-0.05, 0) is 37.1 Å². The van der Waals surface area contributed by atoms with Crippen LogP contribution in [0.15, 0.2) is 29.2 Å². The van der Waals surface area contributed by atoms with E-state index in [2.05, 4.69) is 10.6 Å². The van der Waals surface area contributed by atoms with Gasteiger partial charge in [-0.25, -0.2) is 18.4 Å². The summed E-state index contributed by atoms with van der Waals surface area (Å²) in [7, 11) is -3.69. The fourth-order valence-electron chi connectivity index (χ4n) is 1.31. The van der Waals surface area contributed by atoms with Gasteiger partial charge in [0.15, 0.2) is 0 Å². The maximum absolute atomic E-state index is 11.4. The molecule has 2 rings (SSSR count). The number of primary sulfonamides is 1. The molecule has 2 amide bonds. The minimum atomic E-state index is -3.69. The molecule has 1 aromatic rings. The first-order valence-corrected chi connectivity index (χ1v) is 6.70. The van der Waals surface area contributed by atoms with Crippen LogP contribution in [-0.2, 0) is 10.0 Å². The molecule has 0 aromatic heterocycles. The number of amides is 2. The first-order valence-electron chi connectivity index (χ1n) is 5.15. The van der Waals surface area contributed by atoms with Crippen LogP contribution in [0, 0.1) is 0 Å². The molecule has 1 fully saturated rings. The predicted molar refractivity (Wildman–Crippen MR) is 63.0 cm³/mol. The predicted octanol–water partition coefficient (Wildman–Crippen LogP) is 0.618. The summed E-state index contributed by atoms with van der Waals surface area (Å²) in [6, 6.07) is 5.68. The second-order valence-electron chi connectivity index (χ2n) is 3.94. The number of benzene rings is 1. The van der Waals surface area contributed by atoms with Crippen LogP contribution in [0.3, 0.4) is 0 Å². The van der Waals surface area contributed by atoms with Crippen molar-refractivity contribution in [3.8, 4) is 0 Å². The van der Waals surface area contributed by atoms with Gasteiger partial charge >= 0.3 is 6.03 Å². The van der Waals surface area contributed by atoms with E-state index in [1.165, 1.54) is 24.3 Å². The van der Waals surface area contributed by atoms with Crippen molar-refractivity contribution in [1.29, 1.82) is 0 Å². The third-order valence-corrected chi connectivity index (χ3v) is 3.28. The molecular weight excluding hydrogens is 242 g/mol. The third-order valence-electron chi connectivity index (χ3n) is 2.35. The highest BCUT2D eigenvalue weighted by Crippen LogP contribution is 2.19. The number of hydrogen-bond acceptors (Lipinski definition) is 3. The first-order chi connectivity index (χ1) is 7.95. The molecule has 1 aliphatic rings. The van der Waals surface area contributed by atoms with E-state index in [0.717, 1.165) is 12.8 Å². The van der Waals surface area contributed by atoms with Gasteiger partial charge in [0.2, 0.25) is 10.0 Å². The zero-order valence-corrected chi connectivity index (χ0v) is 9.83. The van der Waals surface area contributed by atoms with Crippen LogP contribution in [0.4, 0.5) is 10.5 Å². The van der Waals surface area contributed by atoms with Crippen LogP contribution in [0.5, 0.6) is 0 Å². The Kier molecular flexibility index (Phi) is 3.03. The number of carbonyl (C=O) groups excluding carboxylic acids is 1. The van der Waals surface area contributed by atoms with E-state index in [1.807, 2.05) is 0 Å². The second-order valence-corrected chi connectivity index (χ2v) is 5.50. The molecule has 92 valence electrons. The van der Waals surface area contributed by atoms with Crippen molar-refractivity contribution >= 4 is 21.7 Å². The Bertz CT molecular complexity index is 520. The van der Waals surface area contributed by atoms with Crippen LogP contribution in [0.1, 0.15) is 12.8 Å². The highest BCUT2D eigenvalue weighted by molar-refractivity contribution is 7.89. The molecule has 1 aromatic carbocycles. The molecule has 0 spiro atoms. The number of carbonyl (C=O) groups is 1. The molecule has 1 saturated carbocycles. The van der Waals surface area contributed by atoms with Crippen LogP contribution in [-0.4, -0.2) is 20.5 Å². The Morgan fingerprint density at radius 3 is 2.29 bits per heavy atom. The van der Waals surface area contributed by atoms with Crippen LogP contribution < -0.4 is 15.8 Å². The van der Waals surface area contributed by atoms with Gasteiger partial charge in [-0.1, -0.05) is 0 Å². The molecule has 0 saturated heterocycles. The second kappa shape index (κ2) is 4.34. The summed E-state index contributed by atoms with van der Waals surface area (Å²) >= 11 is 0. The molecule has 17 heavy (non-hydrogen) atoms. The lowest BCUT2D eigenvalue weighted by molar-refractivity contribution is 0.251. The quantitative estimate of drug-likeness (QED) is 0.737. The van der Waals surface area contributed by atoms with Crippen molar-refractivity contribution < 1.29 is 13.2 Å². The Morgan fingerprint density at radius 2 is 1.82 bits per heavy atom. The summed E-state index contributed by atoms with van der Waals surface area (Å²) in [6.07, 6.45) is 2.02. The molecular formula is C10H13N3O3S. The smallest absolute Gasteiger partial charge is 0.319 e. The highest BCUT2D eigenvalue weighted by atomic mass is 32.2. The maximum atomic E-state index is 11.4. The Balaban J connectivity index is 2.00. The lowest BCUT2D eigenvalue weighted by Gasteiger charge is -2.06. The molecule has 1 aliphatic carbocycles. The fourth-order valence-corrected chi connectivity index (χ4v) is 1.82. The van der Waals surface area contributed by atoms with Gasteiger partial charge in [-0.2, -0.15) is 0 Å². The molecule has 0 aliphatic heterocycles. The summed E-state index contributed by atoms with van der Waals surface area (Å²) in [4.78, 5) is 11.4. The average molecular weight is 255 g/mol. The van der Waals surface area contributed by atoms with E-state index in [1.54, 1.807) is 0 Å². The molecule has 0 atom stereocenters. The SMILES string of the molecule is NS(=O)(=O)c1ccc(NC(=O)NC2CC2)cc1. The molecule has 0 radical (unpaired) electrons. The topological polar surface area (TPSA) is 101 Å². The van der Waals surface area contributed by atoms with E-state index < -0.39 is 10.0 Å². The maximum Gasteiger partial charge on any atom is 0.319 e. The zero-order chi connectivity index (χ0) is 12.5. The minimum Gasteiger partial charge on any atom is -0.335 e. The lowest BCUT2D eigenvalue weighted by atomic mass is 10.3. The normalized spacial score (nSPS) is 15.4. The van der Waals surface area contributed by atoms with Crippen LogP contribution in [0.2, 0.25) is 0 Å². The van der Waals surface area contributed by atoms with Gasteiger partial charge in [-0.3, -0.25) is 0 Å². The third kappa shape index (κ3) is 3.43. The van der Waals surface area contributed by atoms with E-state index in [4.69, 9.17) is 5.14 Å². The number of sulfonamides is 1. The number of rotatable bonds is 3. The van der Waals surface area contributed by atoms with Crippen LogP contribution >= 0.6 is 0 Å². The Morgan fingerprint density at radius 1 is 1.24 bits per heavy atom. The summed E-state index contributed by atoms with van der Waals surface area (Å²) in [5, 5.41) is 10.3. The molecule has 6 nitrogen and oxygen atoms in total. The molecule has 7 heteroatoms. The van der Waals surface area contributed by atoms with Crippen LogP contribution in [0.25, 0.3) is 0 Å². The molecule has 4 N–H and O–H groups in total. The van der Waals surface area contributed by atoms with E-state index in [-0.39, 0.29) is 17.0 Å². The van der Waals surface area contributed by atoms with Crippen molar-refractivity contribution in [2.24, 2.45) is 5.14 Å². The number of nitrogens with two attached hydrogens (primary N) is 1. The minimum absolute atomic E-state index is 0.0191. The van der Waals surface area contributed by atoms with Crippen molar-refractivity contribution in [2.75, 3.05) is 5.32 Å². The van der Waals surface area contributed by atoms with Crippen molar-refractivity contribution in [3.05, 3.63) is 24.3 Å². The lowest BCUT2D eigenvalue weighted by Crippen LogP contribution is -2.30. The molecule has 0 bridgehead atoms. The monoisotopic (exact) mass is 255 g/mol. The number of hydrogen-bond donors (Lipinski definition) is 3. The van der Waals surface area contributed by atoms with Crippen molar-refractivity contribution in [3.63, 3.8) is 0 Å². The van der Waals surface area contributed by atoms with Gasteiger partial charge in [-0.15, -0.1) is 0 Å². The number of urea groups is 1. The van der Waals surface area contributed by atoms with Gasteiger partial charge in [0.25, 0.3) is 0 Å². The van der Waals surface area contributed by atoms with E-state index >= 15 is 0 Å². The summed E-state index contributed by atoms with van der Waals surface area (Å²) < 4.78 is 22.0. The number of anilines is 1. The Labute approximate surface area is 99.2 Å². The Hall–Kier alpha value is -1.60. The van der Waals surface area contributed by atoms with Gasteiger partial charge in [0.1, 0.15) is 0 Å². The van der Waals surface area contributed by atoms with Gasteiger partial charge in [0, 0.05) is 11.7 Å². The highest BCUT2D eigenvalue weighted by Gasteiger charge is 2.23. The first kappa shape index (κ1) is 11.9. The number of nitrogens with one attached hydrogen (secondary N) is 2. The van der Waals surface area contributed by atoms with Gasteiger partial charge in [0.05, 0.1) is 4.90 Å². The van der Waals surface area contributed by atoms with Gasteiger partial charge < -0.3 is 10.6 Å². The average Bonchev–Trinajstić information content (AvgIpc) is 3.01. The summed E-state index contributed by atoms with van der Waals surface area (Å²) in [6.45, 7) is 0. The summed E-state index contributed by atoms with van der Waals surface area (Å²) in [5.41, 5.74) is 0.524. The largest absolute Gasteiger partial charge is 0.335 e. The zero-order valence-electron chi connectivity index (χ0n) is 9.01. The summed E-state index contributed by atoms with van der Waals surface area (Å²) in [5.74, 6) is 0. The fraction of sp³-hybridized carbons (Fsp3) is 0.300. The van der Waals surface area contributed by atoms with E-state index in [9.17, 15) is 13.2 Å². The molecule has 0 unspecified atom stereocenters. The van der Waals surface area contributed by atoms with Crippen molar-refractivity contribution in [2.45, 2.75) is 23.8 Å². The van der Waals surface area contributed by atoms with Crippen molar-refractivity contribution in [1.82, 2.24) is 5.32 Å². The van der Waals surface area contributed by atoms with E-state index in [0.29, 0.717) is 5.69 Å². The standard InChI is InChI=1S/C10H13N3O3S/c11-17(15,16)9-5-3-8(4-6-9)13-10(14)12-7-1-2-7/h3-7H,1-2H2,(H2,11,15,16)(H2,12,13,14).